The zero-order chi connectivity index (χ0) is 13.7. The lowest BCUT2D eigenvalue weighted by molar-refractivity contribution is -0.139. The third-order valence-electron chi connectivity index (χ3n) is 2.41. The zero-order valence-corrected chi connectivity index (χ0v) is 9.61. The molecule has 5 nitrogen and oxygen atoms in total. The smallest absolute Gasteiger partial charge is 0.310 e. The third-order valence-corrected chi connectivity index (χ3v) is 2.41. The number of hydrogen-bond acceptors (Lipinski definition) is 5. The fourth-order valence-corrected chi connectivity index (χ4v) is 1.53. The lowest BCUT2D eigenvalue weighted by atomic mass is 9.98. The van der Waals surface area contributed by atoms with E-state index in [1.165, 1.54) is 6.20 Å². The maximum absolute atomic E-state index is 13.0. The molecule has 2 N–H and O–H groups in total. The van der Waals surface area contributed by atoms with E-state index in [1.54, 1.807) is 6.07 Å². The largest absolute Gasteiger partial charge is 0.469 e. The van der Waals surface area contributed by atoms with Crippen LogP contribution < -0.4 is 5.73 Å². The van der Waals surface area contributed by atoms with E-state index in [1.807, 2.05) is 0 Å². The normalized spacial score (nSPS) is 10.2. The quantitative estimate of drug-likeness (QED) is 0.813. The SMILES string of the molecule is COC(=O)Cc1c(CN)cnc(C#N)c1C(F)F. The molecule has 0 radical (unpaired) electrons. The van der Waals surface area contributed by atoms with Crippen LogP contribution in [0.2, 0.25) is 0 Å². The summed E-state index contributed by atoms with van der Waals surface area (Å²) in [6.07, 6.45) is -2.04. The summed E-state index contributed by atoms with van der Waals surface area (Å²) in [5.74, 6) is -0.679. The Bertz CT molecular complexity index is 498. The molecule has 1 rings (SSSR count). The number of methoxy groups -OCH3 is 1. The summed E-state index contributed by atoms with van der Waals surface area (Å²) in [5, 5.41) is 8.75. The predicted molar refractivity (Wildman–Crippen MR) is 57.5 cm³/mol. The Morgan fingerprint density at radius 2 is 2.33 bits per heavy atom. The summed E-state index contributed by atoms with van der Waals surface area (Å²) < 4.78 is 30.4. The predicted octanol–water partition coefficient (Wildman–Crippen LogP) is 1.07. The zero-order valence-electron chi connectivity index (χ0n) is 9.61. The van der Waals surface area contributed by atoms with Gasteiger partial charge in [0.1, 0.15) is 11.8 Å². The van der Waals surface area contributed by atoms with E-state index in [2.05, 4.69) is 9.72 Å². The molecule has 1 aromatic rings. The highest BCUT2D eigenvalue weighted by molar-refractivity contribution is 5.73. The first-order valence-corrected chi connectivity index (χ1v) is 5.00. The van der Waals surface area contributed by atoms with Crippen LogP contribution in [0, 0.1) is 11.3 Å². The molecule has 0 aliphatic rings. The average molecular weight is 255 g/mol. The van der Waals surface area contributed by atoms with E-state index in [-0.39, 0.29) is 18.5 Å². The summed E-state index contributed by atoms with van der Waals surface area (Å²) in [6.45, 7) is -0.0508. The van der Waals surface area contributed by atoms with Gasteiger partial charge in [0.2, 0.25) is 0 Å². The van der Waals surface area contributed by atoms with Crippen molar-refractivity contribution >= 4 is 5.97 Å². The summed E-state index contributed by atoms with van der Waals surface area (Å²) >= 11 is 0. The van der Waals surface area contributed by atoms with E-state index < -0.39 is 23.7 Å². The lowest BCUT2D eigenvalue weighted by Gasteiger charge is -2.13. The number of halogens is 2. The standard InChI is InChI=1S/C11H11F2N3O2/c1-18-9(17)2-7-6(3-14)5-16-8(4-15)10(7)11(12)13/h5,11H,2-3,14H2,1H3. The van der Waals surface area contributed by atoms with Crippen molar-refractivity contribution in [1.82, 2.24) is 4.98 Å². The number of carbonyl (C=O) groups is 1. The van der Waals surface area contributed by atoms with Gasteiger partial charge in [-0.25, -0.2) is 13.8 Å². The van der Waals surface area contributed by atoms with Gasteiger partial charge in [-0.3, -0.25) is 4.79 Å². The molecule has 0 spiro atoms. The minimum absolute atomic E-state index is 0.0194. The van der Waals surface area contributed by atoms with Crippen molar-refractivity contribution < 1.29 is 18.3 Å². The lowest BCUT2D eigenvalue weighted by Crippen LogP contribution is -2.14. The molecular weight excluding hydrogens is 244 g/mol. The number of esters is 1. The number of rotatable bonds is 4. The van der Waals surface area contributed by atoms with Gasteiger partial charge in [0.05, 0.1) is 19.1 Å². The van der Waals surface area contributed by atoms with Crippen LogP contribution >= 0.6 is 0 Å². The van der Waals surface area contributed by atoms with E-state index in [9.17, 15) is 13.6 Å². The summed E-state index contributed by atoms with van der Waals surface area (Å²) in [5.41, 5.74) is 4.78. The number of aromatic nitrogens is 1. The van der Waals surface area contributed by atoms with Gasteiger partial charge in [-0.05, 0) is 11.1 Å². The number of ether oxygens (including phenoxy) is 1. The Morgan fingerprint density at radius 1 is 1.67 bits per heavy atom. The first kappa shape index (κ1) is 14.0. The van der Waals surface area contributed by atoms with Crippen LogP contribution in [0.3, 0.4) is 0 Å². The second kappa shape index (κ2) is 6.02. The van der Waals surface area contributed by atoms with Crippen molar-refractivity contribution in [1.29, 1.82) is 5.26 Å². The molecule has 0 aromatic carbocycles. The number of nitrogens with two attached hydrogens (primary N) is 1. The highest BCUT2D eigenvalue weighted by Gasteiger charge is 2.23. The second-order valence-corrected chi connectivity index (χ2v) is 3.39. The molecule has 96 valence electrons. The molecule has 0 aliphatic heterocycles. The molecule has 0 amide bonds. The van der Waals surface area contributed by atoms with E-state index in [0.29, 0.717) is 5.56 Å². The van der Waals surface area contributed by atoms with Crippen LogP contribution in [0.25, 0.3) is 0 Å². The third kappa shape index (κ3) is 2.78. The fraction of sp³-hybridized carbons (Fsp3) is 0.364. The van der Waals surface area contributed by atoms with Gasteiger partial charge in [-0.2, -0.15) is 5.26 Å². The monoisotopic (exact) mass is 255 g/mol. The number of hydrogen-bond donors (Lipinski definition) is 1. The summed E-state index contributed by atoms with van der Waals surface area (Å²) in [7, 11) is 1.15. The Morgan fingerprint density at radius 3 is 2.78 bits per heavy atom. The number of nitriles is 1. The molecule has 7 heteroatoms. The Balaban J connectivity index is 3.41. The summed E-state index contributed by atoms with van der Waals surface area (Å²) in [6, 6.07) is 1.58. The van der Waals surface area contributed by atoms with Crippen LogP contribution in [0.5, 0.6) is 0 Å². The van der Waals surface area contributed by atoms with Gasteiger partial charge < -0.3 is 10.5 Å². The summed E-state index contributed by atoms with van der Waals surface area (Å²) in [4.78, 5) is 14.8. The molecular formula is C11H11F2N3O2. The Labute approximate surface area is 102 Å². The number of alkyl halides is 2. The molecule has 0 bridgehead atoms. The van der Waals surface area contributed by atoms with E-state index in [4.69, 9.17) is 11.0 Å². The van der Waals surface area contributed by atoms with Gasteiger partial charge >= 0.3 is 5.97 Å². The fourth-order valence-electron chi connectivity index (χ4n) is 1.53. The van der Waals surface area contributed by atoms with Gasteiger partial charge in [-0.1, -0.05) is 0 Å². The number of carbonyl (C=O) groups excluding carboxylic acids is 1. The van der Waals surface area contributed by atoms with Crippen molar-refractivity contribution in [2.45, 2.75) is 19.4 Å². The van der Waals surface area contributed by atoms with Gasteiger partial charge in [0.25, 0.3) is 6.43 Å². The Hall–Kier alpha value is -2.07. The molecule has 0 unspecified atom stereocenters. The van der Waals surface area contributed by atoms with Crippen molar-refractivity contribution in [2.24, 2.45) is 5.73 Å². The maximum Gasteiger partial charge on any atom is 0.310 e. The van der Waals surface area contributed by atoms with Crippen molar-refractivity contribution in [3.05, 3.63) is 28.6 Å². The maximum atomic E-state index is 13.0. The first-order chi connectivity index (χ1) is 8.54. The van der Waals surface area contributed by atoms with Gasteiger partial charge in [-0.15, -0.1) is 0 Å². The number of pyridine rings is 1. The van der Waals surface area contributed by atoms with Crippen LogP contribution in [-0.4, -0.2) is 18.1 Å². The second-order valence-electron chi connectivity index (χ2n) is 3.39. The van der Waals surface area contributed by atoms with Crippen molar-refractivity contribution in [2.75, 3.05) is 7.11 Å². The molecule has 0 aliphatic carbocycles. The molecule has 18 heavy (non-hydrogen) atoms. The van der Waals surface area contributed by atoms with Crippen molar-refractivity contribution in [3.63, 3.8) is 0 Å². The van der Waals surface area contributed by atoms with Crippen molar-refractivity contribution in [3.8, 4) is 6.07 Å². The van der Waals surface area contributed by atoms with Crippen LogP contribution in [0.15, 0.2) is 6.20 Å². The average Bonchev–Trinajstić information content (AvgIpc) is 2.37. The van der Waals surface area contributed by atoms with Gasteiger partial charge in [0, 0.05) is 12.7 Å². The van der Waals surface area contributed by atoms with Crippen LogP contribution in [0.1, 0.15) is 28.8 Å². The van der Waals surface area contributed by atoms with E-state index in [0.717, 1.165) is 7.11 Å². The van der Waals surface area contributed by atoms with Crippen LogP contribution in [0.4, 0.5) is 8.78 Å². The molecule has 0 atom stereocenters. The molecule has 0 fully saturated rings. The molecule has 0 saturated carbocycles. The topological polar surface area (TPSA) is 89.0 Å². The molecule has 1 heterocycles. The molecule has 1 aromatic heterocycles. The minimum atomic E-state index is -2.90. The van der Waals surface area contributed by atoms with Crippen LogP contribution in [-0.2, 0) is 22.5 Å². The highest BCUT2D eigenvalue weighted by atomic mass is 19.3. The Kier molecular flexibility index (Phi) is 4.68. The highest BCUT2D eigenvalue weighted by Crippen LogP contribution is 2.28. The minimum Gasteiger partial charge on any atom is -0.469 e. The first-order valence-electron chi connectivity index (χ1n) is 5.00. The van der Waals surface area contributed by atoms with E-state index >= 15 is 0 Å². The van der Waals surface area contributed by atoms with Gasteiger partial charge in [0.15, 0.2) is 0 Å². The number of nitrogens with zero attached hydrogens (tertiary/aromatic N) is 2. The molecule has 0 saturated heterocycles.